The molecule has 0 bridgehead atoms. The van der Waals surface area contributed by atoms with Gasteiger partial charge >= 0.3 is 0 Å². The second kappa shape index (κ2) is 6.31. The molecule has 1 aromatic heterocycles. The van der Waals surface area contributed by atoms with Crippen LogP contribution in [0, 0.1) is 5.92 Å². The van der Waals surface area contributed by atoms with E-state index in [2.05, 4.69) is 10.3 Å². The number of rotatable bonds is 5. The lowest BCUT2D eigenvalue weighted by molar-refractivity contribution is -0.118. The predicted molar refractivity (Wildman–Crippen MR) is 71.7 cm³/mol. The quantitative estimate of drug-likeness (QED) is 0.778. The van der Waals surface area contributed by atoms with E-state index in [-0.39, 0.29) is 18.4 Å². The van der Waals surface area contributed by atoms with Crippen molar-refractivity contribution in [2.24, 2.45) is 5.92 Å². The molecule has 0 aliphatic rings. The maximum Gasteiger partial charge on any atom is 0.244 e. The highest BCUT2D eigenvalue weighted by atomic mass is 16.3. The Bertz CT molecular complexity index is 411. The second-order valence-corrected chi connectivity index (χ2v) is 4.85. The van der Waals surface area contributed by atoms with Gasteiger partial charge in [-0.15, -0.1) is 0 Å². The molecule has 0 radical (unpaired) electrons. The van der Waals surface area contributed by atoms with E-state index in [4.69, 9.17) is 0 Å². The largest absolute Gasteiger partial charge is 0.388 e. The number of nitrogens with zero attached hydrogens (tertiary/aromatic N) is 1. The number of hydrogen-bond donors (Lipinski definition) is 2. The van der Waals surface area contributed by atoms with Crippen LogP contribution < -0.4 is 5.32 Å². The number of pyridine rings is 1. The van der Waals surface area contributed by atoms with Crippen molar-refractivity contribution in [1.29, 1.82) is 0 Å². The van der Waals surface area contributed by atoms with Gasteiger partial charge in [0.05, 0.1) is 5.60 Å². The second-order valence-electron chi connectivity index (χ2n) is 4.85. The van der Waals surface area contributed by atoms with Crippen molar-refractivity contribution in [3.63, 3.8) is 0 Å². The number of carbonyl (C=O) groups is 1. The van der Waals surface area contributed by atoms with Crippen molar-refractivity contribution >= 4 is 12.0 Å². The van der Waals surface area contributed by atoms with Crippen LogP contribution in [0.2, 0.25) is 0 Å². The lowest BCUT2D eigenvalue weighted by Crippen LogP contribution is -2.43. The highest BCUT2D eigenvalue weighted by Crippen LogP contribution is 2.14. The van der Waals surface area contributed by atoms with E-state index in [1.54, 1.807) is 31.5 Å². The Hall–Kier alpha value is -1.68. The molecule has 1 amide bonds. The van der Waals surface area contributed by atoms with Gasteiger partial charge in [0.1, 0.15) is 0 Å². The van der Waals surface area contributed by atoms with Crippen molar-refractivity contribution in [3.8, 4) is 0 Å². The van der Waals surface area contributed by atoms with E-state index in [9.17, 15) is 9.90 Å². The molecule has 1 rings (SSSR count). The van der Waals surface area contributed by atoms with E-state index in [1.807, 2.05) is 19.9 Å². The molecule has 1 unspecified atom stereocenters. The summed E-state index contributed by atoms with van der Waals surface area (Å²) < 4.78 is 0. The zero-order valence-corrected chi connectivity index (χ0v) is 11.1. The number of aliphatic hydroxyl groups is 1. The topological polar surface area (TPSA) is 62.2 Å². The molecule has 1 atom stereocenters. The number of carbonyl (C=O) groups excluding carboxylic acids is 1. The van der Waals surface area contributed by atoms with Crippen molar-refractivity contribution < 1.29 is 9.90 Å². The molecule has 0 aliphatic heterocycles. The van der Waals surface area contributed by atoms with Gasteiger partial charge in [-0.25, -0.2) is 0 Å². The molecule has 98 valence electrons. The molecule has 0 aliphatic carbocycles. The Labute approximate surface area is 108 Å². The standard InChI is InChI=1S/C14H20N2O2/c1-11(2)14(3,18)10-16-13(17)7-6-12-5-4-8-15-9-12/h4-9,11,18H,10H2,1-3H3,(H,16,17). The molecule has 4 nitrogen and oxygen atoms in total. The van der Waals surface area contributed by atoms with Crippen molar-refractivity contribution in [1.82, 2.24) is 10.3 Å². The molecule has 2 N–H and O–H groups in total. The number of nitrogens with one attached hydrogen (secondary N) is 1. The molecule has 1 heterocycles. The van der Waals surface area contributed by atoms with Crippen LogP contribution in [0.1, 0.15) is 26.3 Å². The summed E-state index contributed by atoms with van der Waals surface area (Å²) in [6.45, 7) is 5.78. The maximum absolute atomic E-state index is 11.6. The third kappa shape index (κ3) is 4.67. The Morgan fingerprint density at radius 3 is 2.89 bits per heavy atom. The van der Waals surface area contributed by atoms with E-state index in [0.29, 0.717) is 0 Å². The van der Waals surface area contributed by atoms with Crippen LogP contribution in [0.5, 0.6) is 0 Å². The monoisotopic (exact) mass is 248 g/mol. The Morgan fingerprint density at radius 2 is 2.33 bits per heavy atom. The van der Waals surface area contributed by atoms with Gasteiger partial charge in [0, 0.05) is 25.0 Å². The number of hydrogen-bond acceptors (Lipinski definition) is 3. The summed E-state index contributed by atoms with van der Waals surface area (Å²) in [5, 5.41) is 12.7. The van der Waals surface area contributed by atoms with Crippen LogP contribution >= 0.6 is 0 Å². The van der Waals surface area contributed by atoms with Crippen LogP contribution in [0.4, 0.5) is 0 Å². The highest BCUT2D eigenvalue weighted by molar-refractivity contribution is 5.91. The van der Waals surface area contributed by atoms with Crippen LogP contribution in [0.15, 0.2) is 30.6 Å². The summed E-state index contributed by atoms with van der Waals surface area (Å²) in [7, 11) is 0. The molecule has 0 saturated carbocycles. The van der Waals surface area contributed by atoms with Crippen molar-refractivity contribution in [3.05, 3.63) is 36.2 Å². The van der Waals surface area contributed by atoms with Gasteiger partial charge in [0.25, 0.3) is 0 Å². The minimum absolute atomic E-state index is 0.0834. The van der Waals surface area contributed by atoms with E-state index >= 15 is 0 Å². The van der Waals surface area contributed by atoms with Crippen molar-refractivity contribution in [2.75, 3.05) is 6.54 Å². The van der Waals surface area contributed by atoms with E-state index < -0.39 is 5.60 Å². The average Bonchev–Trinajstić information content (AvgIpc) is 2.35. The first kappa shape index (κ1) is 14.4. The Kier molecular flexibility index (Phi) is 5.04. The molecule has 1 aromatic rings. The Balaban J connectivity index is 2.46. The third-order valence-electron chi connectivity index (χ3n) is 2.98. The van der Waals surface area contributed by atoms with E-state index in [1.165, 1.54) is 6.08 Å². The molecule has 18 heavy (non-hydrogen) atoms. The normalized spacial score (nSPS) is 14.7. The van der Waals surface area contributed by atoms with Gasteiger partial charge < -0.3 is 10.4 Å². The summed E-state index contributed by atoms with van der Waals surface area (Å²) in [6.07, 6.45) is 6.48. The smallest absolute Gasteiger partial charge is 0.244 e. The minimum Gasteiger partial charge on any atom is -0.388 e. The lowest BCUT2D eigenvalue weighted by atomic mass is 9.92. The fraction of sp³-hybridized carbons (Fsp3) is 0.429. The van der Waals surface area contributed by atoms with Crippen LogP contribution in [-0.2, 0) is 4.79 Å². The lowest BCUT2D eigenvalue weighted by Gasteiger charge is -2.27. The van der Waals surface area contributed by atoms with E-state index in [0.717, 1.165) is 5.56 Å². The maximum atomic E-state index is 11.6. The molecule has 4 heteroatoms. The van der Waals surface area contributed by atoms with Crippen LogP contribution in [-0.4, -0.2) is 28.1 Å². The van der Waals surface area contributed by atoms with Gasteiger partial charge in [-0.1, -0.05) is 19.9 Å². The molecule has 0 saturated heterocycles. The molecule has 0 aromatic carbocycles. The van der Waals surface area contributed by atoms with Crippen LogP contribution in [0.3, 0.4) is 0 Å². The summed E-state index contributed by atoms with van der Waals surface area (Å²) >= 11 is 0. The van der Waals surface area contributed by atoms with Gasteiger partial charge in [0.15, 0.2) is 0 Å². The average molecular weight is 248 g/mol. The van der Waals surface area contributed by atoms with Gasteiger partial charge in [-0.05, 0) is 30.5 Å². The first-order valence-corrected chi connectivity index (χ1v) is 6.00. The summed E-state index contributed by atoms with van der Waals surface area (Å²) in [4.78, 5) is 15.5. The van der Waals surface area contributed by atoms with Gasteiger partial charge in [-0.3, -0.25) is 9.78 Å². The zero-order chi connectivity index (χ0) is 13.6. The SMILES string of the molecule is CC(C)C(C)(O)CNC(=O)C=Cc1cccnc1. The van der Waals surface area contributed by atoms with Gasteiger partial charge in [-0.2, -0.15) is 0 Å². The van der Waals surface area contributed by atoms with Crippen LogP contribution in [0.25, 0.3) is 6.08 Å². The number of aromatic nitrogens is 1. The third-order valence-corrected chi connectivity index (χ3v) is 2.98. The summed E-state index contributed by atoms with van der Waals surface area (Å²) in [5.41, 5.74) is -0.0269. The molecule has 0 spiro atoms. The fourth-order valence-corrected chi connectivity index (χ4v) is 1.18. The summed E-state index contributed by atoms with van der Waals surface area (Å²) in [6, 6.07) is 3.67. The summed E-state index contributed by atoms with van der Waals surface area (Å²) in [5.74, 6) is -0.139. The number of amides is 1. The minimum atomic E-state index is -0.891. The first-order chi connectivity index (χ1) is 8.42. The zero-order valence-electron chi connectivity index (χ0n) is 11.1. The molecular formula is C14H20N2O2. The predicted octanol–water partition coefficient (Wildman–Crippen LogP) is 1.62. The Morgan fingerprint density at radius 1 is 1.61 bits per heavy atom. The molecule has 0 fully saturated rings. The highest BCUT2D eigenvalue weighted by Gasteiger charge is 2.24. The fourth-order valence-electron chi connectivity index (χ4n) is 1.18. The van der Waals surface area contributed by atoms with Gasteiger partial charge in [0.2, 0.25) is 5.91 Å². The molecular weight excluding hydrogens is 228 g/mol. The first-order valence-electron chi connectivity index (χ1n) is 6.00. The van der Waals surface area contributed by atoms with Crippen molar-refractivity contribution in [2.45, 2.75) is 26.4 Å².